The van der Waals surface area contributed by atoms with Gasteiger partial charge >= 0.3 is 0 Å². The summed E-state index contributed by atoms with van der Waals surface area (Å²) in [4.78, 5) is 15.7. The number of halogens is 3. The van der Waals surface area contributed by atoms with Crippen molar-refractivity contribution in [2.24, 2.45) is 0 Å². The number of rotatable bonds is 10. The van der Waals surface area contributed by atoms with Crippen molar-refractivity contribution < 1.29 is 18.3 Å². The van der Waals surface area contributed by atoms with Crippen LogP contribution < -0.4 is 14.8 Å². The fourth-order valence-electron chi connectivity index (χ4n) is 4.96. The molecule has 2 aliphatic rings. The number of hydrogen-bond acceptors (Lipinski definition) is 7. The van der Waals surface area contributed by atoms with Crippen LogP contribution in [0.4, 0.5) is 8.78 Å². The third-order valence-corrected chi connectivity index (χ3v) is 7.81. The Morgan fingerprint density at radius 1 is 1.15 bits per heavy atom. The maximum atomic E-state index is 13.4. The second-order valence-electron chi connectivity index (χ2n) is 10.5. The molecule has 11 heteroatoms. The number of nitrogens with one attached hydrogen (secondary N) is 1. The summed E-state index contributed by atoms with van der Waals surface area (Å²) in [6.45, 7) is 4.80. The smallest absolute Gasteiger partial charge is 0.255 e. The van der Waals surface area contributed by atoms with Crippen molar-refractivity contribution in [2.45, 2.75) is 44.4 Å². The Balaban J connectivity index is 1.27. The van der Waals surface area contributed by atoms with Crippen LogP contribution in [0.2, 0.25) is 5.02 Å². The Morgan fingerprint density at radius 3 is 2.73 bits per heavy atom. The van der Waals surface area contributed by atoms with Crippen LogP contribution in [0.15, 0.2) is 54.9 Å². The molecule has 210 valence electrons. The first-order chi connectivity index (χ1) is 19.4. The molecule has 0 radical (unpaired) electrons. The van der Waals surface area contributed by atoms with Crippen LogP contribution in [-0.4, -0.2) is 75.3 Å². The molecule has 8 nitrogen and oxygen atoms in total. The first-order valence-corrected chi connectivity index (χ1v) is 13.9. The molecule has 0 amide bonds. The minimum absolute atomic E-state index is 0.221. The monoisotopic (exact) mass is 568 g/mol. The highest BCUT2D eigenvalue weighted by Gasteiger charge is 2.41. The molecule has 1 aliphatic carbocycles. The lowest BCUT2D eigenvalue weighted by atomic mass is 10.2. The summed E-state index contributed by atoms with van der Waals surface area (Å²) < 4.78 is 40.9. The van der Waals surface area contributed by atoms with Crippen LogP contribution in [0.1, 0.15) is 25.3 Å². The largest absolute Gasteiger partial charge is 0.492 e. The predicted octanol–water partition coefficient (Wildman–Crippen LogP) is 5.04. The van der Waals surface area contributed by atoms with Crippen molar-refractivity contribution in [2.75, 3.05) is 32.8 Å². The van der Waals surface area contributed by atoms with E-state index in [4.69, 9.17) is 26.1 Å². The van der Waals surface area contributed by atoms with E-state index >= 15 is 0 Å². The number of aromatic nitrogens is 4. The summed E-state index contributed by atoms with van der Waals surface area (Å²) in [6.07, 6.45) is 1.05. The maximum Gasteiger partial charge on any atom is 0.255 e. The quantitative estimate of drug-likeness (QED) is 0.287. The fourth-order valence-corrected chi connectivity index (χ4v) is 5.22. The van der Waals surface area contributed by atoms with Gasteiger partial charge in [-0.3, -0.25) is 4.90 Å². The zero-order chi connectivity index (χ0) is 27.7. The topological polar surface area (TPSA) is 77.3 Å². The van der Waals surface area contributed by atoms with Gasteiger partial charge in [0.15, 0.2) is 11.2 Å². The van der Waals surface area contributed by atoms with Gasteiger partial charge in [-0.15, -0.1) is 0 Å². The van der Waals surface area contributed by atoms with Gasteiger partial charge < -0.3 is 19.4 Å². The number of nitrogens with zero attached hydrogens (tertiary/aromatic N) is 5. The Morgan fingerprint density at radius 2 is 1.98 bits per heavy atom. The van der Waals surface area contributed by atoms with E-state index < -0.39 is 12.5 Å². The van der Waals surface area contributed by atoms with E-state index in [0.29, 0.717) is 65.4 Å². The molecule has 2 fully saturated rings. The van der Waals surface area contributed by atoms with Gasteiger partial charge in [-0.25, -0.2) is 18.7 Å². The van der Waals surface area contributed by atoms with Crippen molar-refractivity contribution in [3.63, 3.8) is 0 Å². The summed E-state index contributed by atoms with van der Waals surface area (Å²) in [5, 5.41) is 3.48. The van der Waals surface area contributed by atoms with Gasteiger partial charge in [-0.05, 0) is 43.5 Å². The molecule has 4 aromatic rings. The molecule has 6 rings (SSSR count). The molecule has 40 heavy (non-hydrogen) atoms. The summed E-state index contributed by atoms with van der Waals surface area (Å²) in [5.41, 5.74) is 2.83. The van der Waals surface area contributed by atoms with Gasteiger partial charge in [0, 0.05) is 31.7 Å². The van der Waals surface area contributed by atoms with Crippen LogP contribution in [0, 0.1) is 0 Å². The molecule has 1 saturated heterocycles. The first kappa shape index (κ1) is 26.9. The molecular weight excluding hydrogens is 538 g/mol. The van der Waals surface area contributed by atoms with Gasteiger partial charge in [0.25, 0.3) is 6.43 Å². The van der Waals surface area contributed by atoms with Crippen LogP contribution >= 0.6 is 11.6 Å². The highest BCUT2D eigenvalue weighted by atomic mass is 35.5. The number of alkyl halides is 2. The number of hydrogen-bond donors (Lipinski definition) is 1. The van der Waals surface area contributed by atoms with Crippen molar-refractivity contribution in [3.05, 3.63) is 65.4 Å². The molecule has 1 N–H and O–H groups in total. The van der Waals surface area contributed by atoms with E-state index in [9.17, 15) is 8.78 Å². The molecule has 2 aromatic carbocycles. The second-order valence-corrected chi connectivity index (χ2v) is 10.9. The van der Waals surface area contributed by atoms with Gasteiger partial charge in [-0.1, -0.05) is 41.9 Å². The number of fused-ring (bicyclic) bond motifs is 1. The van der Waals surface area contributed by atoms with E-state index in [1.54, 1.807) is 11.0 Å². The van der Waals surface area contributed by atoms with E-state index in [2.05, 4.69) is 34.3 Å². The van der Waals surface area contributed by atoms with Crippen molar-refractivity contribution >= 4 is 22.8 Å². The van der Waals surface area contributed by atoms with Crippen LogP contribution in [0.3, 0.4) is 0 Å². The van der Waals surface area contributed by atoms with Crippen LogP contribution in [0.25, 0.3) is 22.6 Å². The van der Waals surface area contributed by atoms with Crippen molar-refractivity contribution in [1.29, 1.82) is 0 Å². The Bertz CT molecular complexity index is 1480. The lowest BCUT2D eigenvalue weighted by molar-refractivity contribution is 0.00711. The average molecular weight is 569 g/mol. The molecule has 1 aliphatic heterocycles. The normalized spacial score (nSPS) is 18.8. The molecule has 1 saturated carbocycles. The molecule has 1 unspecified atom stereocenters. The van der Waals surface area contributed by atoms with E-state index in [1.165, 1.54) is 6.33 Å². The summed E-state index contributed by atoms with van der Waals surface area (Å²) >= 11 is 6.80. The minimum Gasteiger partial charge on any atom is -0.492 e. The zero-order valence-electron chi connectivity index (χ0n) is 22.2. The molecule has 0 spiro atoms. The second kappa shape index (κ2) is 11.3. The van der Waals surface area contributed by atoms with Gasteiger partial charge in [0.05, 0.1) is 17.6 Å². The molecule has 1 atom stereocenters. The summed E-state index contributed by atoms with van der Waals surface area (Å²) in [7, 11) is 0. The van der Waals surface area contributed by atoms with Gasteiger partial charge in [0.1, 0.15) is 30.1 Å². The lowest BCUT2D eigenvalue weighted by Gasteiger charge is -2.35. The van der Waals surface area contributed by atoms with Crippen molar-refractivity contribution in [1.82, 2.24) is 29.7 Å². The lowest BCUT2D eigenvalue weighted by Crippen LogP contribution is -2.55. The van der Waals surface area contributed by atoms with E-state index in [-0.39, 0.29) is 18.8 Å². The third kappa shape index (κ3) is 5.75. The van der Waals surface area contributed by atoms with E-state index in [1.807, 2.05) is 34.9 Å². The summed E-state index contributed by atoms with van der Waals surface area (Å²) in [6, 6.07) is 14.7. The fraction of sp³-hybridized carbons (Fsp3) is 0.414. The molecule has 3 heterocycles. The highest BCUT2D eigenvalue weighted by molar-refractivity contribution is 6.33. The third-order valence-electron chi connectivity index (χ3n) is 7.50. The zero-order valence-corrected chi connectivity index (χ0v) is 23.0. The van der Waals surface area contributed by atoms with Crippen LogP contribution in [0.5, 0.6) is 11.6 Å². The Hall–Kier alpha value is -3.34. The summed E-state index contributed by atoms with van der Waals surface area (Å²) in [5.74, 6) is 1.67. The van der Waals surface area contributed by atoms with E-state index in [0.717, 1.165) is 18.4 Å². The standard InChI is InChI=1S/C29H31ClF2N6O2/c1-29(9-10-29)40-28-24-27(34-18-35-28)38(17-19-5-3-2-4-6-19)26(36-24)21-8-7-20(15-22(21)30)39-14-13-37-12-11-33-16-23(37)25(31)32/h2-8,15,18,23,25,33H,9-14,16-17H2,1H3. The van der Waals surface area contributed by atoms with Crippen LogP contribution in [-0.2, 0) is 6.54 Å². The average Bonchev–Trinajstić information content (AvgIpc) is 3.57. The Labute approximate surface area is 236 Å². The number of benzene rings is 2. The van der Waals surface area contributed by atoms with Crippen molar-refractivity contribution in [3.8, 4) is 23.0 Å². The Kier molecular flexibility index (Phi) is 7.57. The predicted molar refractivity (Wildman–Crippen MR) is 149 cm³/mol. The molecule has 2 aromatic heterocycles. The number of ether oxygens (including phenoxy) is 2. The maximum absolute atomic E-state index is 13.4. The minimum atomic E-state index is -2.40. The SMILES string of the molecule is CC1(Oc2ncnc3c2nc(-c2ccc(OCCN4CCNCC4C(F)F)cc2Cl)n3Cc2ccccc2)CC1. The van der Waals surface area contributed by atoms with Gasteiger partial charge in [-0.2, -0.15) is 4.98 Å². The molecular formula is C29H31ClF2N6O2. The highest BCUT2D eigenvalue weighted by Crippen LogP contribution is 2.41. The molecule has 0 bridgehead atoms. The van der Waals surface area contributed by atoms with Gasteiger partial charge in [0.2, 0.25) is 5.88 Å². The first-order valence-electron chi connectivity index (χ1n) is 13.5. The number of piperazine rings is 1. The number of imidazole rings is 1.